The van der Waals surface area contributed by atoms with Gasteiger partial charge in [0.15, 0.2) is 0 Å². The third-order valence-corrected chi connectivity index (χ3v) is 6.53. The number of carbonyl (C=O) groups is 1. The Labute approximate surface area is 151 Å². The van der Waals surface area contributed by atoms with Gasteiger partial charge in [-0.3, -0.25) is 9.48 Å². The first kappa shape index (κ1) is 17.1. The lowest BCUT2D eigenvalue weighted by Gasteiger charge is -2.44. The van der Waals surface area contributed by atoms with Gasteiger partial charge in [-0.25, -0.2) is 0 Å². The highest BCUT2D eigenvalue weighted by Gasteiger charge is 2.38. The topological polar surface area (TPSA) is 41.4 Å². The first-order chi connectivity index (χ1) is 12.1. The van der Waals surface area contributed by atoms with Crippen LogP contribution in [0.2, 0.25) is 0 Å². The molecule has 0 aromatic carbocycles. The van der Waals surface area contributed by atoms with Crippen molar-refractivity contribution in [1.82, 2.24) is 19.6 Å². The molecule has 5 heteroatoms. The zero-order valence-corrected chi connectivity index (χ0v) is 15.8. The Balaban J connectivity index is 1.25. The summed E-state index contributed by atoms with van der Waals surface area (Å²) in [6.07, 6.45) is 9.05. The summed E-state index contributed by atoms with van der Waals surface area (Å²) in [4.78, 5) is 17.5. The Morgan fingerprint density at radius 1 is 1.00 bits per heavy atom. The molecule has 1 amide bonds. The number of amides is 1. The molecule has 0 bridgehead atoms. The smallest absolute Gasteiger partial charge is 0.225 e. The maximum absolute atomic E-state index is 12.8. The molecule has 2 aliphatic heterocycles. The summed E-state index contributed by atoms with van der Waals surface area (Å²) in [6, 6.07) is 3.29. The van der Waals surface area contributed by atoms with Gasteiger partial charge in [0.2, 0.25) is 5.91 Å². The lowest BCUT2D eigenvalue weighted by molar-refractivity contribution is -0.143. The van der Waals surface area contributed by atoms with E-state index in [1.54, 1.807) is 0 Å². The Hall–Kier alpha value is -1.36. The fourth-order valence-electron chi connectivity index (χ4n) is 5.02. The molecule has 0 radical (unpaired) electrons. The van der Waals surface area contributed by atoms with E-state index < -0.39 is 0 Å². The van der Waals surface area contributed by atoms with Crippen LogP contribution in [-0.2, 0) is 4.79 Å². The van der Waals surface area contributed by atoms with Crippen molar-refractivity contribution in [2.75, 3.05) is 26.2 Å². The van der Waals surface area contributed by atoms with Gasteiger partial charge >= 0.3 is 0 Å². The molecule has 3 heterocycles. The van der Waals surface area contributed by atoms with Crippen LogP contribution in [0.3, 0.4) is 0 Å². The lowest BCUT2D eigenvalue weighted by atomic mass is 9.89. The van der Waals surface area contributed by atoms with Crippen LogP contribution >= 0.6 is 0 Å². The van der Waals surface area contributed by atoms with Crippen molar-refractivity contribution in [3.63, 3.8) is 0 Å². The summed E-state index contributed by atoms with van der Waals surface area (Å²) in [7, 11) is 0. The highest BCUT2D eigenvalue weighted by atomic mass is 16.2. The Morgan fingerprint density at radius 3 is 2.28 bits per heavy atom. The number of rotatable bonds is 3. The van der Waals surface area contributed by atoms with E-state index in [1.807, 2.05) is 6.92 Å². The molecule has 0 N–H and O–H groups in total. The molecule has 2 saturated heterocycles. The lowest BCUT2D eigenvalue weighted by Crippen LogP contribution is -2.54. The quantitative estimate of drug-likeness (QED) is 0.846. The first-order valence-electron chi connectivity index (χ1n) is 10.2. The molecule has 1 aromatic heterocycles. The van der Waals surface area contributed by atoms with Crippen molar-refractivity contribution < 1.29 is 4.79 Å². The van der Waals surface area contributed by atoms with Gasteiger partial charge in [-0.15, -0.1) is 0 Å². The predicted octanol–water partition coefficient (Wildman–Crippen LogP) is 2.93. The minimum atomic E-state index is 0.251. The molecule has 1 aliphatic carbocycles. The van der Waals surface area contributed by atoms with Gasteiger partial charge in [0, 0.05) is 30.7 Å². The molecule has 5 nitrogen and oxygen atoms in total. The normalized spacial score (nSPS) is 24.5. The predicted molar refractivity (Wildman–Crippen MR) is 98.5 cm³/mol. The molecule has 4 rings (SSSR count). The van der Waals surface area contributed by atoms with E-state index in [0.717, 1.165) is 50.8 Å². The Bertz CT molecular complexity index is 605. The number of likely N-dealkylation sites (tertiary alicyclic amines) is 2. The van der Waals surface area contributed by atoms with Crippen LogP contribution in [0.4, 0.5) is 0 Å². The monoisotopic (exact) mass is 344 g/mol. The second kappa shape index (κ2) is 7.10. The molecule has 3 aliphatic rings. The third kappa shape index (κ3) is 3.48. The van der Waals surface area contributed by atoms with E-state index in [9.17, 15) is 4.79 Å². The number of aromatic nitrogens is 2. The second-order valence-electron chi connectivity index (χ2n) is 8.37. The molecule has 0 atom stereocenters. The summed E-state index contributed by atoms with van der Waals surface area (Å²) < 4.78 is 2.10. The van der Waals surface area contributed by atoms with Crippen LogP contribution in [0, 0.1) is 19.8 Å². The molecule has 25 heavy (non-hydrogen) atoms. The number of piperidine rings is 1. The van der Waals surface area contributed by atoms with Crippen molar-refractivity contribution in [3.05, 3.63) is 17.5 Å². The number of nitrogens with zero attached hydrogens (tertiary/aromatic N) is 4. The van der Waals surface area contributed by atoms with E-state index in [2.05, 4.69) is 32.6 Å². The highest BCUT2D eigenvalue weighted by Crippen LogP contribution is 2.30. The summed E-state index contributed by atoms with van der Waals surface area (Å²) in [6.45, 7) is 8.05. The number of hydrogen-bond acceptors (Lipinski definition) is 3. The number of carbonyl (C=O) groups excluding carboxylic acids is 1. The average molecular weight is 345 g/mol. The first-order valence-corrected chi connectivity index (χ1v) is 10.2. The average Bonchev–Trinajstić information content (AvgIpc) is 2.92. The maximum atomic E-state index is 12.8. The number of aryl methyl sites for hydroxylation is 2. The molecule has 1 aromatic rings. The van der Waals surface area contributed by atoms with Crippen molar-refractivity contribution in [2.45, 2.75) is 70.9 Å². The molecule has 0 unspecified atom stereocenters. The third-order valence-electron chi connectivity index (χ3n) is 6.53. The van der Waals surface area contributed by atoms with Gasteiger partial charge in [-0.1, -0.05) is 19.3 Å². The van der Waals surface area contributed by atoms with Gasteiger partial charge in [-0.05, 0) is 58.7 Å². The molecule has 1 saturated carbocycles. The Kier molecular flexibility index (Phi) is 4.85. The fraction of sp³-hybridized carbons (Fsp3) is 0.800. The van der Waals surface area contributed by atoms with Gasteiger partial charge in [0.05, 0.1) is 11.7 Å². The minimum Gasteiger partial charge on any atom is -0.338 e. The zero-order chi connectivity index (χ0) is 17.4. The van der Waals surface area contributed by atoms with E-state index >= 15 is 0 Å². The van der Waals surface area contributed by atoms with Gasteiger partial charge in [0.1, 0.15) is 0 Å². The van der Waals surface area contributed by atoms with Crippen molar-refractivity contribution in [1.29, 1.82) is 0 Å². The highest BCUT2D eigenvalue weighted by molar-refractivity contribution is 5.79. The molecule has 0 spiro atoms. The standard InChI is InChI=1S/C20H32N4O/c1-15-12-16(2)24(21-15)19-13-23(14-19)20(25)17-8-10-22(11-9-17)18-6-4-3-5-7-18/h12,17-19H,3-11,13-14H2,1-2H3. The largest absolute Gasteiger partial charge is 0.338 e. The van der Waals surface area contributed by atoms with E-state index in [0.29, 0.717) is 11.9 Å². The van der Waals surface area contributed by atoms with Crippen molar-refractivity contribution in [3.8, 4) is 0 Å². The number of hydrogen-bond donors (Lipinski definition) is 0. The Morgan fingerprint density at radius 2 is 1.68 bits per heavy atom. The van der Waals surface area contributed by atoms with Gasteiger partial charge < -0.3 is 9.80 Å². The van der Waals surface area contributed by atoms with Crippen LogP contribution in [0.5, 0.6) is 0 Å². The zero-order valence-electron chi connectivity index (χ0n) is 15.8. The van der Waals surface area contributed by atoms with Crippen LogP contribution in [0.25, 0.3) is 0 Å². The second-order valence-corrected chi connectivity index (χ2v) is 8.37. The SMILES string of the molecule is Cc1cc(C)n(C2CN(C(=O)C3CCN(C4CCCCC4)CC3)C2)n1. The van der Waals surface area contributed by atoms with E-state index in [4.69, 9.17) is 0 Å². The molecule has 138 valence electrons. The molecular weight excluding hydrogens is 312 g/mol. The van der Waals surface area contributed by atoms with Crippen LogP contribution < -0.4 is 0 Å². The van der Waals surface area contributed by atoms with Gasteiger partial charge in [0.25, 0.3) is 0 Å². The van der Waals surface area contributed by atoms with E-state index in [1.165, 1.54) is 37.8 Å². The van der Waals surface area contributed by atoms with Gasteiger partial charge in [-0.2, -0.15) is 5.10 Å². The minimum absolute atomic E-state index is 0.251. The van der Waals surface area contributed by atoms with Crippen LogP contribution in [0.1, 0.15) is 62.4 Å². The van der Waals surface area contributed by atoms with Crippen LogP contribution in [-0.4, -0.2) is 57.7 Å². The summed E-state index contributed by atoms with van der Waals surface area (Å²) in [5.41, 5.74) is 2.27. The summed E-state index contributed by atoms with van der Waals surface area (Å²) in [5, 5.41) is 4.57. The summed E-state index contributed by atoms with van der Waals surface area (Å²) in [5.74, 6) is 0.641. The maximum Gasteiger partial charge on any atom is 0.225 e. The molecule has 3 fully saturated rings. The van der Waals surface area contributed by atoms with Crippen molar-refractivity contribution in [2.24, 2.45) is 5.92 Å². The molecular formula is C20H32N4O. The summed E-state index contributed by atoms with van der Waals surface area (Å²) >= 11 is 0. The van der Waals surface area contributed by atoms with Crippen LogP contribution in [0.15, 0.2) is 6.07 Å². The van der Waals surface area contributed by atoms with Crippen molar-refractivity contribution >= 4 is 5.91 Å². The van der Waals surface area contributed by atoms with E-state index in [-0.39, 0.29) is 5.92 Å². The fourth-order valence-corrected chi connectivity index (χ4v) is 5.02.